The number of morpholine rings is 1. The molecule has 0 amide bonds. The number of ether oxygens (including phenoxy) is 5. The van der Waals surface area contributed by atoms with E-state index in [1.165, 1.54) is 32.1 Å². The van der Waals surface area contributed by atoms with Crippen molar-refractivity contribution >= 4 is 17.9 Å². The molecule has 8 aliphatic rings. The highest BCUT2D eigenvalue weighted by atomic mass is 16.7. The summed E-state index contributed by atoms with van der Waals surface area (Å²) < 4.78 is 29.3. The number of esters is 3. The van der Waals surface area contributed by atoms with Gasteiger partial charge in [0.05, 0.1) is 38.2 Å². The molecule has 9 nitrogen and oxygen atoms in total. The Balaban J connectivity index is 0.991. The van der Waals surface area contributed by atoms with Crippen molar-refractivity contribution in [2.24, 2.45) is 59.2 Å². The van der Waals surface area contributed by atoms with Crippen LogP contribution in [-0.2, 0) is 38.1 Å². The smallest absolute Gasteiger partial charge is 0.320 e. The van der Waals surface area contributed by atoms with Gasteiger partial charge in [-0.2, -0.15) is 0 Å². The molecule has 2 aliphatic heterocycles. The minimum atomic E-state index is -0.659. The number of nitrogens with zero attached hydrogens (tertiary/aromatic N) is 1. The first kappa shape index (κ1) is 26.2. The molecule has 6 aliphatic carbocycles. The van der Waals surface area contributed by atoms with E-state index in [1.54, 1.807) is 0 Å². The molecule has 6 bridgehead atoms. The Hall–Kier alpha value is -1.71. The summed E-state index contributed by atoms with van der Waals surface area (Å²) in [5, 5.41) is 0. The molecule has 0 aromatic heterocycles. The van der Waals surface area contributed by atoms with Crippen molar-refractivity contribution in [2.45, 2.75) is 70.9 Å². The second-order valence-electron chi connectivity index (χ2n) is 13.8. The van der Waals surface area contributed by atoms with Gasteiger partial charge in [-0.1, -0.05) is 13.8 Å². The first-order chi connectivity index (χ1) is 18.9. The average Bonchev–Trinajstić information content (AvgIpc) is 3.51. The minimum Gasteiger partial charge on any atom is -0.458 e. The maximum absolute atomic E-state index is 13.7. The normalized spacial score (nSPS) is 44.6. The highest BCUT2D eigenvalue weighted by Gasteiger charge is 2.70. The standard InChI is InChI=1S/C30H43NO8/c1-15(2)30(36-14-22-18-8-16-7-17(10-18)11-19(22)9-16)39-29(34)25-20-12-21-24(25)28(33)38-27(21)26(20)37-23(32)13-31-3-5-35-6-4-31/h15-22,24-27,30H,3-14H2,1-2H3. The molecule has 9 heteroatoms. The predicted octanol–water partition coefficient (Wildman–Crippen LogP) is 2.65. The van der Waals surface area contributed by atoms with E-state index in [9.17, 15) is 14.4 Å². The van der Waals surface area contributed by atoms with Crippen LogP contribution in [0, 0.1) is 59.2 Å². The zero-order valence-corrected chi connectivity index (χ0v) is 23.2. The van der Waals surface area contributed by atoms with Crippen molar-refractivity contribution < 1.29 is 38.1 Å². The number of carbonyl (C=O) groups excluding carboxylic acids is 3. The van der Waals surface area contributed by atoms with E-state index in [-0.39, 0.29) is 36.2 Å². The van der Waals surface area contributed by atoms with Gasteiger partial charge in [-0.05, 0) is 68.1 Å². The Kier molecular flexibility index (Phi) is 6.91. The lowest BCUT2D eigenvalue weighted by Crippen LogP contribution is -2.48. The molecule has 7 unspecified atom stereocenters. The molecular weight excluding hydrogens is 502 g/mol. The van der Waals surface area contributed by atoms with Crippen molar-refractivity contribution in [1.29, 1.82) is 0 Å². The fourth-order valence-corrected chi connectivity index (χ4v) is 9.67. The summed E-state index contributed by atoms with van der Waals surface area (Å²) in [6.07, 6.45) is 5.66. The van der Waals surface area contributed by atoms with Gasteiger partial charge in [0.15, 0.2) is 0 Å². The number of hydrogen-bond acceptors (Lipinski definition) is 9. The molecule has 7 atom stereocenters. The van der Waals surface area contributed by atoms with Crippen LogP contribution in [0.5, 0.6) is 0 Å². The largest absolute Gasteiger partial charge is 0.458 e. The van der Waals surface area contributed by atoms with E-state index in [0.29, 0.717) is 45.2 Å². The lowest BCUT2D eigenvalue weighted by molar-refractivity contribution is -0.208. The second kappa shape index (κ2) is 10.3. The summed E-state index contributed by atoms with van der Waals surface area (Å²) in [4.78, 5) is 41.3. The lowest BCUT2D eigenvalue weighted by Gasteiger charge is -2.54. The van der Waals surface area contributed by atoms with Crippen LogP contribution in [0.3, 0.4) is 0 Å². The van der Waals surface area contributed by atoms with Gasteiger partial charge in [0.2, 0.25) is 6.29 Å². The zero-order valence-electron chi connectivity index (χ0n) is 23.2. The third-order valence-corrected chi connectivity index (χ3v) is 11.2. The van der Waals surface area contributed by atoms with E-state index in [2.05, 4.69) is 0 Å². The van der Waals surface area contributed by atoms with Crippen molar-refractivity contribution in [3.05, 3.63) is 0 Å². The quantitative estimate of drug-likeness (QED) is 0.246. The van der Waals surface area contributed by atoms with E-state index in [0.717, 1.165) is 23.7 Å². The second-order valence-corrected chi connectivity index (χ2v) is 13.8. The molecule has 8 rings (SSSR count). The summed E-state index contributed by atoms with van der Waals surface area (Å²) in [7, 11) is 0. The molecule has 39 heavy (non-hydrogen) atoms. The number of hydrogen-bond donors (Lipinski definition) is 0. The molecule has 0 aromatic carbocycles. The Morgan fingerprint density at radius 2 is 1.67 bits per heavy atom. The van der Waals surface area contributed by atoms with Crippen LogP contribution >= 0.6 is 0 Å². The highest BCUT2D eigenvalue weighted by molar-refractivity contribution is 5.86. The molecule has 2 heterocycles. The van der Waals surface area contributed by atoms with Gasteiger partial charge in [-0.25, -0.2) is 0 Å². The maximum Gasteiger partial charge on any atom is 0.320 e. The zero-order chi connectivity index (χ0) is 26.8. The summed E-state index contributed by atoms with van der Waals surface area (Å²) in [6.45, 7) is 7.38. The van der Waals surface area contributed by atoms with Crippen molar-refractivity contribution in [2.75, 3.05) is 39.5 Å². The third kappa shape index (κ3) is 4.70. The first-order valence-electron chi connectivity index (χ1n) is 15.4. The topological polar surface area (TPSA) is 101 Å². The van der Waals surface area contributed by atoms with Crippen LogP contribution in [0.4, 0.5) is 0 Å². The van der Waals surface area contributed by atoms with Crippen LogP contribution in [0.25, 0.3) is 0 Å². The highest BCUT2D eigenvalue weighted by Crippen LogP contribution is 2.59. The molecule has 8 fully saturated rings. The SMILES string of the molecule is CC(C)C(OCC1C2CC3CC(C2)CC1C3)OC(=O)C1C2CC3C(OC(=O)C31)C2OC(=O)CN1CCOCC1. The van der Waals surface area contributed by atoms with Gasteiger partial charge in [0, 0.05) is 30.8 Å². The van der Waals surface area contributed by atoms with Crippen LogP contribution in [-0.4, -0.2) is 80.8 Å². The van der Waals surface area contributed by atoms with Gasteiger partial charge in [-0.15, -0.1) is 0 Å². The summed E-state index contributed by atoms with van der Waals surface area (Å²) in [6, 6.07) is 0. The average molecular weight is 546 g/mol. The summed E-state index contributed by atoms with van der Waals surface area (Å²) in [5.41, 5.74) is 0. The molecule has 0 N–H and O–H groups in total. The fourth-order valence-electron chi connectivity index (χ4n) is 9.67. The van der Waals surface area contributed by atoms with Gasteiger partial charge >= 0.3 is 17.9 Å². The van der Waals surface area contributed by atoms with Crippen LogP contribution in [0.2, 0.25) is 0 Å². The van der Waals surface area contributed by atoms with Gasteiger partial charge in [-0.3, -0.25) is 19.3 Å². The van der Waals surface area contributed by atoms with Gasteiger partial charge in [0.25, 0.3) is 0 Å². The summed E-state index contributed by atoms with van der Waals surface area (Å²) >= 11 is 0. The first-order valence-corrected chi connectivity index (χ1v) is 15.4. The van der Waals surface area contributed by atoms with E-state index in [4.69, 9.17) is 23.7 Å². The molecular formula is C30H43NO8. The van der Waals surface area contributed by atoms with Crippen LogP contribution in [0.15, 0.2) is 0 Å². The van der Waals surface area contributed by atoms with Crippen LogP contribution in [0.1, 0.15) is 52.4 Å². The Morgan fingerprint density at radius 3 is 2.33 bits per heavy atom. The summed E-state index contributed by atoms with van der Waals surface area (Å²) in [5.74, 6) is 1.18. The number of carbonyl (C=O) groups is 3. The van der Waals surface area contributed by atoms with Gasteiger partial charge in [0.1, 0.15) is 12.2 Å². The Bertz CT molecular complexity index is 950. The molecule has 2 saturated heterocycles. The molecule has 0 aromatic rings. The lowest BCUT2D eigenvalue weighted by atomic mass is 9.52. The van der Waals surface area contributed by atoms with E-state index >= 15 is 0 Å². The molecule has 0 radical (unpaired) electrons. The molecule has 216 valence electrons. The third-order valence-electron chi connectivity index (χ3n) is 11.2. The van der Waals surface area contributed by atoms with Crippen molar-refractivity contribution in [1.82, 2.24) is 4.90 Å². The van der Waals surface area contributed by atoms with Crippen molar-refractivity contribution in [3.8, 4) is 0 Å². The fraction of sp³-hybridized carbons (Fsp3) is 0.900. The van der Waals surface area contributed by atoms with E-state index < -0.39 is 36.3 Å². The maximum atomic E-state index is 13.7. The predicted molar refractivity (Wildman–Crippen MR) is 137 cm³/mol. The van der Waals surface area contributed by atoms with Crippen molar-refractivity contribution in [3.63, 3.8) is 0 Å². The monoisotopic (exact) mass is 545 g/mol. The number of rotatable bonds is 9. The Labute approximate surface area is 230 Å². The Morgan fingerprint density at radius 1 is 0.974 bits per heavy atom. The minimum absolute atomic E-state index is 0.00482. The van der Waals surface area contributed by atoms with Gasteiger partial charge < -0.3 is 23.7 Å². The number of fused-ring (bicyclic) bond motifs is 1. The molecule has 6 saturated carbocycles. The van der Waals surface area contributed by atoms with E-state index in [1.807, 2.05) is 18.7 Å². The van der Waals surface area contributed by atoms with Crippen LogP contribution < -0.4 is 0 Å². The molecule has 0 spiro atoms.